The van der Waals surface area contributed by atoms with Gasteiger partial charge >= 0.3 is 80.1 Å². The first-order valence-corrected chi connectivity index (χ1v) is 7.75. The summed E-state index contributed by atoms with van der Waals surface area (Å²) in [5, 5.41) is 3.18. The van der Waals surface area contributed by atoms with Crippen LogP contribution < -0.4 is 5.32 Å². The second-order valence-corrected chi connectivity index (χ2v) is 7.93. The van der Waals surface area contributed by atoms with Crippen molar-refractivity contribution in [3.63, 3.8) is 0 Å². The molecule has 5 heteroatoms. The molecule has 0 amide bonds. The van der Waals surface area contributed by atoms with Crippen LogP contribution in [0.5, 0.6) is 0 Å². The summed E-state index contributed by atoms with van der Waals surface area (Å²) in [6.07, 6.45) is -3.35. The molecule has 1 atom stereocenters. The molecule has 0 aromatic heterocycles. The zero-order valence-corrected chi connectivity index (χ0v) is 9.60. The summed E-state index contributed by atoms with van der Waals surface area (Å²) in [4.78, 5) is 0. The van der Waals surface area contributed by atoms with Crippen molar-refractivity contribution in [2.24, 2.45) is 0 Å². The standard InChI is InChI=1S/C4H8N.C3H4F3.Sn/c1-2-4-5-3-1;1-2-3(4,5)6;/h1,5H,2-4H2;1-2H2;. The molecule has 1 nitrogen and oxygen atoms in total. The first-order chi connectivity index (χ1) is 5.58. The predicted octanol–water partition coefficient (Wildman–Crippen LogP) is 1.84. The summed E-state index contributed by atoms with van der Waals surface area (Å²) >= 11 is -0.741. The predicted molar refractivity (Wildman–Crippen MR) is 42.5 cm³/mol. The van der Waals surface area contributed by atoms with Gasteiger partial charge in [-0.25, -0.2) is 0 Å². The van der Waals surface area contributed by atoms with E-state index in [1.54, 1.807) is 0 Å². The van der Waals surface area contributed by atoms with Crippen LogP contribution in [0.2, 0.25) is 8.37 Å². The van der Waals surface area contributed by atoms with Gasteiger partial charge in [0.05, 0.1) is 0 Å². The van der Waals surface area contributed by atoms with E-state index in [4.69, 9.17) is 0 Å². The second kappa shape index (κ2) is 4.69. The Morgan fingerprint density at radius 2 is 2.17 bits per heavy atom. The third-order valence-corrected chi connectivity index (χ3v) is 6.49. The van der Waals surface area contributed by atoms with Gasteiger partial charge in [-0.05, 0) is 0 Å². The van der Waals surface area contributed by atoms with Crippen LogP contribution in [0.4, 0.5) is 13.2 Å². The summed E-state index contributed by atoms with van der Waals surface area (Å²) in [6.45, 7) is 1.99. The van der Waals surface area contributed by atoms with E-state index in [0.717, 1.165) is 19.5 Å². The number of hydrogen-bond donors (Lipinski definition) is 1. The summed E-state index contributed by atoms with van der Waals surface area (Å²) in [5.74, 6) is 0. The van der Waals surface area contributed by atoms with Crippen LogP contribution in [-0.4, -0.2) is 40.4 Å². The molecule has 1 unspecified atom stereocenters. The van der Waals surface area contributed by atoms with E-state index in [2.05, 4.69) is 5.32 Å². The van der Waals surface area contributed by atoms with Gasteiger partial charge in [0.2, 0.25) is 0 Å². The van der Waals surface area contributed by atoms with Crippen LogP contribution in [0.3, 0.4) is 0 Å². The minimum absolute atomic E-state index is 0.458. The molecule has 12 heavy (non-hydrogen) atoms. The van der Waals surface area contributed by atoms with Crippen LogP contribution in [0, 0.1) is 0 Å². The number of alkyl halides is 3. The molecule has 2 radical (unpaired) electrons. The molecule has 1 N–H and O–H groups in total. The van der Waals surface area contributed by atoms with Gasteiger partial charge in [-0.1, -0.05) is 0 Å². The molecule has 0 saturated carbocycles. The van der Waals surface area contributed by atoms with Crippen molar-refractivity contribution in [1.29, 1.82) is 0 Å². The fourth-order valence-electron chi connectivity index (χ4n) is 1.25. The molecule has 1 aliphatic rings. The van der Waals surface area contributed by atoms with Crippen molar-refractivity contribution in [2.75, 3.05) is 13.1 Å². The van der Waals surface area contributed by atoms with E-state index in [-0.39, 0.29) is 0 Å². The van der Waals surface area contributed by atoms with Crippen LogP contribution in [-0.2, 0) is 0 Å². The van der Waals surface area contributed by atoms with Crippen molar-refractivity contribution in [1.82, 2.24) is 5.32 Å². The van der Waals surface area contributed by atoms with Crippen LogP contribution >= 0.6 is 0 Å². The number of halogens is 3. The Bertz CT molecular complexity index is 131. The first kappa shape index (κ1) is 10.6. The van der Waals surface area contributed by atoms with E-state index < -0.39 is 33.7 Å². The van der Waals surface area contributed by atoms with Gasteiger partial charge in [-0.2, -0.15) is 0 Å². The van der Waals surface area contributed by atoms with Gasteiger partial charge in [0.15, 0.2) is 0 Å². The molecule has 0 aromatic rings. The molecular weight excluding hydrogens is 274 g/mol. The molecule has 1 heterocycles. The molecule has 0 bridgehead atoms. The topological polar surface area (TPSA) is 12.0 Å². The number of rotatable bonds is 3. The average molecular weight is 286 g/mol. The molecule has 0 aromatic carbocycles. The van der Waals surface area contributed by atoms with Gasteiger partial charge < -0.3 is 0 Å². The molecule has 1 aliphatic heterocycles. The molecule has 1 saturated heterocycles. The Morgan fingerprint density at radius 1 is 1.42 bits per heavy atom. The Balaban J connectivity index is 2.02. The Labute approximate surface area is 80.3 Å². The Hall–Kier alpha value is 0.549. The molecule has 0 aliphatic carbocycles. The van der Waals surface area contributed by atoms with E-state index in [9.17, 15) is 13.2 Å². The van der Waals surface area contributed by atoms with Crippen LogP contribution in [0.25, 0.3) is 0 Å². The van der Waals surface area contributed by atoms with Crippen molar-refractivity contribution >= 4 is 21.1 Å². The fourth-order valence-corrected chi connectivity index (χ4v) is 5.45. The normalized spacial score (nSPS) is 24.8. The van der Waals surface area contributed by atoms with E-state index in [1.807, 2.05) is 0 Å². The van der Waals surface area contributed by atoms with Crippen molar-refractivity contribution in [2.45, 2.75) is 27.4 Å². The Kier molecular flexibility index (Phi) is 4.16. The monoisotopic (exact) mass is 287 g/mol. The van der Waals surface area contributed by atoms with Crippen molar-refractivity contribution < 1.29 is 13.2 Å². The van der Waals surface area contributed by atoms with Crippen LogP contribution in [0.1, 0.15) is 12.8 Å². The maximum atomic E-state index is 11.7. The average Bonchev–Trinajstić information content (AvgIpc) is 2.36. The third kappa shape index (κ3) is 4.54. The zero-order chi connectivity index (χ0) is 9.03. The first-order valence-electron chi connectivity index (χ1n) is 4.09. The van der Waals surface area contributed by atoms with Crippen molar-refractivity contribution in [3.8, 4) is 0 Å². The van der Waals surface area contributed by atoms with Crippen molar-refractivity contribution in [3.05, 3.63) is 0 Å². The molecule has 1 fully saturated rings. The molecular formula is C7H12F3NSn. The third-order valence-electron chi connectivity index (χ3n) is 1.90. The summed E-state index contributed by atoms with van der Waals surface area (Å²) in [7, 11) is 0. The Morgan fingerprint density at radius 3 is 2.67 bits per heavy atom. The SMILES string of the molecule is FC(F)(F)C[CH2][Sn][CH]1CCNC1. The molecule has 1 rings (SSSR count). The van der Waals surface area contributed by atoms with Gasteiger partial charge in [0.25, 0.3) is 0 Å². The summed E-state index contributed by atoms with van der Waals surface area (Å²) in [6, 6.07) is 0. The summed E-state index contributed by atoms with van der Waals surface area (Å²) < 4.78 is 36.3. The number of nitrogens with one attached hydrogen (secondary N) is 1. The summed E-state index contributed by atoms with van der Waals surface area (Å²) in [5.41, 5.74) is 0. The molecule has 0 spiro atoms. The zero-order valence-electron chi connectivity index (χ0n) is 6.75. The minimum atomic E-state index is -3.92. The van der Waals surface area contributed by atoms with E-state index in [1.165, 1.54) is 0 Å². The van der Waals surface area contributed by atoms with Gasteiger partial charge in [0.1, 0.15) is 0 Å². The van der Waals surface area contributed by atoms with Gasteiger partial charge in [0, 0.05) is 0 Å². The van der Waals surface area contributed by atoms with Crippen LogP contribution in [0.15, 0.2) is 0 Å². The maximum absolute atomic E-state index is 11.7. The quantitative estimate of drug-likeness (QED) is 0.781. The molecule has 70 valence electrons. The number of hydrogen-bond acceptors (Lipinski definition) is 1. The van der Waals surface area contributed by atoms with E-state index in [0.29, 0.717) is 8.37 Å². The van der Waals surface area contributed by atoms with Gasteiger partial charge in [-0.15, -0.1) is 0 Å². The van der Waals surface area contributed by atoms with E-state index >= 15 is 0 Å². The second-order valence-electron chi connectivity index (χ2n) is 3.01. The van der Waals surface area contributed by atoms with Gasteiger partial charge in [-0.3, -0.25) is 0 Å². The fraction of sp³-hybridized carbons (Fsp3) is 1.00.